The molecule has 1 aromatic heterocycles. The monoisotopic (exact) mass is 372 g/mol. The minimum Gasteiger partial charge on any atom is -0.356 e. The summed E-state index contributed by atoms with van der Waals surface area (Å²) < 4.78 is 0. The van der Waals surface area contributed by atoms with E-state index in [1.165, 1.54) is 12.8 Å². The molecule has 0 spiro atoms. The summed E-state index contributed by atoms with van der Waals surface area (Å²) in [6.45, 7) is 2.66. The fourth-order valence-corrected chi connectivity index (χ4v) is 4.42. The second kappa shape index (κ2) is 8.81. The lowest BCUT2D eigenvalue weighted by atomic mass is 9.79. The number of rotatable bonds is 5. The molecule has 1 N–H and O–H groups in total. The third-order valence-electron chi connectivity index (χ3n) is 6.10. The number of hydrogen-bond donors (Lipinski definition) is 1. The van der Waals surface area contributed by atoms with Gasteiger partial charge in [0.15, 0.2) is 0 Å². The van der Waals surface area contributed by atoms with E-state index in [9.17, 15) is 9.59 Å². The molecule has 0 bridgehead atoms. The van der Waals surface area contributed by atoms with Crippen LogP contribution in [-0.4, -0.2) is 47.3 Å². The lowest BCUT2D eigenvalue weighted by Crippen LogP contribution is -2.34. The minimum atomic E-state index is -0.0315. The van der Waals surface area contributed by atoms with Gasteiger partial charge in [-0.15, -0.1) is 0 Å². The first kappa shape index (κ1) is 19.8. The summed E-state index contributed by atoms with van der Waals surface area (Å²) in [6.07, 6.45) is 10.3. The Kier molecular flexibility index (Phi) is 6.45. The Labute approximate surface area is 162 Å². The van der Waals surface area contributed by atoms with Crippen LogP contribution in [0.2, 0.25) is 0 Å². The van der Waals surface area contributed by atoms with Crippen LogP contribution in [0, 0.1) is 18.8 Å². The van der Waals surface area contributed by atoms with Gasteiger partial charge in [0.25, 0.3) is 5.91 Å². The molecular formula is C21H32N4O2. The van der Waals surface area contributed by atoms with E-state index in [0.717, 1.165) is 50.8 Å². The zero-order valence-electron chi connectivity index (χ0n) is 16.8. The Morgan fingerprint density at radius 2 is 1.78 bits per heavy atom. The highest BCUT2D eigenvalue weighted by Crippen LogP contribution is 2.36. The van der Waals surface area contributed by atoms with Gasteiger partial charge < -0.3 is 10.2 Å². The standard InChI is InChI=1S/C21H32N4O2/c1-14-22-13-18(21(27)25(2)3)19(24-14)16-10-8-15(9-11-16)12-23-20(26)17-6-4-5-7-17/h13,15-17H,4-12H2,1-3H3,(H,23,26). The molecule has 2 saturated carbocycles. The van der Waals surface area contributed by atoms with E-state index in [0.29, 0.717) is 23.2 Å². The Morgan fingerprint density at radius 1 is 1.11 bits per heavy atom. The zero-order valence-corrected chi connectivity index (χ0v) is 16.8. The Balaban J connectivity index is 1.56. The Bertz CT molecular complexity index is 675. The topological polar surface area (TPSA) is 75.2 Å². The van der Waals surface area contributed by atoms with E-state index >= 15 is 0 Å². The summed E-state index contributed by atoms with van der Waals surface area (Å²) in [4.78, 5) is 35.2. The maximum absolute atomic E-state index is 12.5. The minimum absolute atomic E-state index is 0.0315. The molecule has 27 heavy (non-hydrogen) atoms. The van der Waals surface area contributed by atoms with E-state index in [2.05, 4.69) is 15.3 Å². The average molecular weight is 373 g/mol. The summed E-state index contributed by atoms with van der Waals surface area (Å²) in [6, 6.07) is 0. The van der Waals surface area contributed by atoms with E-state index in [1.54, 1.807) is 25.2 Å². The molecule has 2 aliphatic rings. The molecule has 1 heterocycles. The van der Waals surface area contributed by atoms with Gasteiger partial charge in [0.05, 0.1) is 11.3 Å². The highest BCUT2D eigenvalue weighted by molar-refractivity contribution is 5.94. The summed E-state index contributed by atoms with van der Waals surface area (Å²) >= 11 is 0. The number of carbonyl (C=O) groups excluding carboxylic acids is 2. The van der Waals surface area contributed by atoms with Crippen LogP contribution in [0.5, 0.6) is 0 Å². The third kappa shape index (κ3) is 4.85. The van der Waals surface area contributed by atoms with Gasteiger partial charge in [0, 0.05) is 38.7 Å². The van der Waals surface area contributed by atoms with Gasteiger partial charge in [-0.3, -0.25) is 9.59 Å². The lowest BCUT2D eigenvalue weighted by molar-refractivity contribution is -0.125. The Hall–Kier alpha value is -1.98. The van der Waals surface area contributed by atoms with Crippen LogP contribution in [0.4, 0.5) is 0 Å². The van der Waals surface area contributed by atoms with Crippen molar-refractivity contribution in [3.8, 4) is 0 Å². The molecule has 0 unspecified atom stereocenters. The number of aryl methyl sites for hydroxylation is 1. The average Bonchev–Trinajstić information content (AvgIpc) is 3.21. The van der Waals surface area contributed by atoms with Gasteiger partial charge in [0.1, 0.15) is 5.82 Å². The van der Waals surface area contributed by atoms with Crippen molar-refractivity contribution in [2.75, 3.05) is 20.6 Å². The maximum Gasteiger partial charge on any atom is 0.256 e. The molecule has 6 nitrogen and oxygen atoms in total. The van der Waals surface area contributed by atoms with E-state index < -0.39 is 0 Å². The Morgan fingerprint density at radius 3 is 2.41 bits per heavy atom. The fourth-order valence-electron chi connectivity index (χ4n) is 4.42. The summed E-state index contributed by atoms with van der Waals surface area (Å²) in [5, 5.41) is 3.18. The quantitative estimate of drug-likeness (QED) is 0.862. The van der Waals surface area contributed by atoms with Crippen molar-refractivity contribution in [2.24, 2.45) is 11.8 Å². The predicted octanol–water partition coefficient (Wildman–Crippen LogP) is 3.07. The molecule has 3 rings (SSSR count). The van der Waals surface area contributed by atoms with Crippen LogP contribution >= 0.6 is 0 Å². The van der Waals surface area contributed by atoms with Gasteiger partial charge in [0.2, 0.25) is 5.91 Å². The lowest BCUT2D eigenvalue weighted by Gasteiger charge is -2.29. The van der Waals surface area contributed by atoms with Crippen molar-refractivity contribution in [3.05, 3.63) is 23.3 Å². The fraction of sp³-hybridized carbons (Fsp3) is 0.714. The van der Waals surface area contributed by atoms with Crippen molar-refractivity contribution < 1.29 is 9.59 Å². The molecule has 0 aliphatic heterocycles. The zero-order chi connectivity index (χ0) is 19.4. The molecule has 0 radical (unpaired) electrons. The normalized spacial score (nSPS) is 23.2. The van der Waals surface area contributed by atoms with Crippen molar-refractivity contribution in [1.82, 2.24) is 20.2 Å². The van der Waals surface area contributed by atoms with Gasteiger partial charge >= 0.3 is 0 Å². The molecule has 148 valence electrons. The molecule has 1 aromatic rings. The maximum atomic E-state index is 12.5. The highest BCUT2D eigenvalue weighted by atomic mass is 16.2. The van der Waals surface area contributed by atoms with Crippen LogP contribution in [0.1, 0.15) is 79.2 Å². The molecule has 6 heteroatoms. The summed E-state index contributed by atoms with van der Waals surface area (Å²) in [5.41, 5.74) is 1.53. The number of aromatic nitrogens is 2. The van der Waals surface area contributed by atoms with Crippen LogP contribution in [-0.2, 0) is 4.79 Å². The number of carbonyl (C=O) groups is 2. The molecule has 2 amide bonds. The van der Waals surface area contributed by atoms with E-state index in [-0.39, 0.29) is 17.7 Å². The van der Waals surface area contributed by atoms with Gasteiger partial charge in [-0.2, -0.15) is 0 Å². The largest absolute Gasteiger partial charge is 0.356 e. The van der Waals surface area contributed by atoms with Crippen molar-refractivity contribution in [3.63, 3.8) is 0 Å². The number of hydrogen-bond acceptors (Lipinski definition) is 4. The van der Waals surface area contributed by atoms with Gasteiger partial charge in [-0.25, -0.2) is 9.97 Å². The SMILES string of the molecule is Cc1ncc(C(=O)N(C)C)c(C2CCC(CNC(=O)C3CCCC3)CC2)n1. The number of amides is 2. The number of nitrogens with zero attached hydrogens (tertiary/aromatic N) is 3. The summed E-state index contributed by atoms with van der Waals surface area (Å²) in [7, 11) is 3.52. The molecule has 0 aromatic carbocycles. The second-order valence-corrected chi connectivity index (χ2v) is 8.36. The summed E-state index contributed by atoms with van der Waals surface area (Å²) in [5.74, 6) is 2.00. The second-order valence-electron chi connectivity index (χ2n) is 8.36. The molecule has 2 fully saturated rings. The van der Waals surface area contributed by atoms with Crippen LogP contribution in [0.3, 0.4) is 0 Å². The molecule has 2 aliphatic carbocycles. The van der Waals surface area contributed by atoms with Crippen molar-refractivity contribution >= 4 is 11.8 Å². The van der Waals surface area contributed by atoms with Crippen molar-refractivity contribution in [2.45, 2.75) is 64.2 Å². The van der Waals surface area contributed by atoms with Crippen LogP contribution in [0.25, 0.3) is 0 Å². The van der Waals surface area contributed by atoms with Gasteiger partial charge in [-0.05, 0) is 51.4 Å². The predicted molar refractivity (Wildman–Crippen MR) is 104 cm³/mol. The van der Waals surface area contributed by atoms with Gasteiger partial charge in [-0.1, -0.05) is 12.8 Å². The smallest absolute Gasteiger partial charge is 0.256 e. The molecule has 0 atom stereocenters. The molecular weight excluding hydrogens is 340 g/mol. The first-order valence-electron chi connectivity index (χ1n) is 10.3. The first-order valence-corrected chi connectivity index (χ1v) is 10.3. The highest BCUT2D eigenvalue weighted by Gasteiger charge is 2.29. The van der Waals surface area contributed by atoms with E-state index in [1.807, 2.05) is 6.92 Å². The number of nitrogens with one attached hydrogen (secondary N) is 1. The van der Waals surface area contributed by atoms with Crippen LogP contribution < -0.4 is 5.32 Å². The molecule has 0 saturated heterocycles. The van der Waals surface area contributed by atoms with Crippen molar-refractivity contribution in [1.29, 1.82) is 0 Å². The van der Waals surface area contributed by atoms with Crippen LogP contribution in [0.15, 0.2) is 6.20 Å². The first-order chi connectivity index (χ1) is 13.0. The third-order valence-corrected chi connectivity index (χ3v) is 6.10. The van der Waals surface area contributed by atoms with E-state index in [4.69, 9.17) is 0 Å².